The zero-order valence-electron chi connectivity index (χ0n) is 9.62. The van der Waals surface area contributed by atoms with Crippen LogP contribution in [0.2, 0.25) is 0 Å². The normalized spacial score (nSPS) is 10.5. The van der Waals surface area contributed by atoms with Gasteiger partial charge in [0.2, 0.25) is 5.89 Å². The van der Waals surface area contributed by atoms with Crippen LogP contribution in [0.3, 0.4) is 0 Å². The number of hydrogen-bond donors (Lipinski definition) is 1. The lowest BCUT2D eigenvalue weighted by Gasteiger charge is -1.96. The summed E-state index contributed by atoms with van der Waals surface area (Å²) in [6.07, 6.45) is 1.49. The van der Waals surface area contributed by atoms with Gasteiger partial charge in [-0.05, 0) is 19.1 Å². The lowest BCUT2D eigenvalue weighted by atomic mass is 10.2. The highest BCUT2D eigenvalue weighted by Gasteiger charge is 2.10. The molecular formula is C12H10N4O2. The van der Waals surface area contributed by atoms with Gasteiger partial charge in [0, 0.05) is 5.56 Å². The molecule has 0 aliphatic heterocycles. The van der Waals surface area contributed by atoms with E-state index in [2.05, 4.69) is 20.7 Å². The van der Waals surface area contributed by atoms with Crippen molar-refractivity contribution in [3.63, 3.8) is 0 Å². The average molecular weight is 242 g/mol. The summed E-state index contributed by atoms with van der Waals surface area (Å²) in [5.74, 6) is 0.465. The molecule has 90 valence electrons. The molecule has 0 saturated carbocycles. The first-order valence-electron chi connectivity index (χ1n) is 5.40. The molecule has 1 aromatic carbocycles. The second-order valence-corrected chi connectivity index (χ2v) is 3.72. The number of benzene rings is 1. The molecule has 18 heavy (non-hydrogen) atoms. The summed E-state index contributed by atoms with van der Waals surface area (Å²) < 4.78 is 10.3. The summed E-state index contributed by atoms with van der Waals surface area (Å²) >= 11 is 0. The van der Waals surface area contributed by atoms with Gasteiger partial charge in [0.05, 0.1) is 0 Å². The smallest absolute Gasteiger partial charge is 0.320 e. The van der Waals surface area contributed by atoms with Crippen LogP contribution >= 0.6 is 0 Å². The Hall–Kier alpha value is -2.63. The molecule has 1 N–H and O–H groups in total. The molecular weight excluding hydrogens is 232 g/mol. The summed E-state index contributed by atoms with van der Waals surface area (Å²) in [7, 11) is 0. The van der Waals surface area contributed by atoms with Crippen molar-refractivity contribution in [3.05, 3.63) is 42.3 Å². The van der Waals surface area contributed by atoms with E-state index in [1.54, 1.807) is 0 Å². The van der Waals surface area contributed by atoms with E-state index in [1.165, 1.54) is 6.26 Å². The summed E-state index contributed by atoms with van der Waals surface area (Å²) in [4.78, 5) is 0. The second-order valence-electron chi connectivity index (χ2n) is 3.72. The Morgan fingerprint density at radius 1 is 1.11 bits per heavy atom. The maximum Gasteiger partial charge on any atom is 0.320 e. The van der Waals surface area contributed by atoms with Crippen LogP contribution in [0, 0.1) is 6.92 Å². The van der Waals surface area contributed by atoms with Gasteiger partial charge in [-0.25, -0.2) is 0 Å². The number of nitrogens with zero attached hydrogens (tertiary/aromatic N) is 3. The van der Waals surface area contributed by atoms with Crippen molar-refractivity contribution in [2.45, 2.75) is 6.92 Å². The molecule has 2 aromatic heterocycles. The Kier molecular flexibility index (Phi) is 2.53. The molecule has 0 radical (unpaired) electrons. The van der Waals surface area contributed by atoms with E-state index in [-0.39, 0.29) is 0 Å². The van der Waals surface area contributed by atoms with Gasteiger partial charge in [0.1, 0.15) is 17.6 Å². The zero-order valence-corrected chi connectivity index (χ0v) is 9.62. The number of rotatable bonds is 3. The van der Waals surface area contributed by atoms with Crippen LogP contribution in [0.25, 0.3) is 11.5 Å². The van der Waals surface area contributed by atoms with E-state index in [0.29, 0.717) is 17.6 Å². The lowest BCUT2D eigenvalue weighted by Crippen LogP contribution is -1.90. The van der Waals surface area contributed by atoms with Crippen molar-refractivity contribution in [1.82, 2.24) is 15.4 Å². The van der Waals surface area contributed by atoms with Crippen molar-refractivity contribution in [2.24, 2.45) is 0 Å². The summed E-state index contributed by atoms with van der Waals surface area (Å²) in [5, 5.41) is 14.6. The summed E-state index contributed by atoms with van der Waals surface area (Å²) in [5.41, 5.74) is 2.31. The van der Waals surface area contributed by atoms with Gasteiger partial charge in [0.25, 0.3) is 0 Å². The molecule has 0 aliphatic rings. The molecule has 0 aliphatic carbocycles. The number of aryl methyl sites for hydroxylation is 1. The van der Waals surface area contributed by atoms with E-state index < -0.39 is 0 Å². The molecule has 0 saturated heterocycles. The van der Waals surface area contributed by atoms with Crippen molar-refractivity contribution in [1.29, 1.82) is 0 Å². The number of hydrogen-bond acceptors (Lipinski definition) is 6. The molecule has 0 atom stereocenters. The van der Waals surface area contributed by atoms with Crippen LogP contribution in [-0.2, 0) is 0 Å². The lowest BCUT2D eigenvalue weighted by molar-refractivity contribution is 0.415. The largest absolute Gasteiger partial charge is 0.403 e. The van der Waals surface area contributed by atoms with Crippen LogP contribution in [0.5, 0.6) is 0 Å². The number of anilines is 2. The van der Waals surface area contributed by atoms with E-state index in [4.69, 9.17) is 8.94 Å². The fraction of sp³-hybridized carbons (Fsp3) is 0.0833. The highest BCUT2D eigenvalue weighted by molar-refractivity contribution is 5.56. The van der Waals surface area contributed by atoms with Crippen molar-refractivity contribution < 1.29 is 8.94 Å². The minimum absolute atomic E-state index is 0.306. The third kappa shape index (κ3) is 1.95. The first-order valence-corrected chi connectivity index (χ1v) is 5.40. The molecule has 6 heteroatoms. The van der Waals surface area contributed by atoms with Gasteiger partial charge in [-0.15, -0.1) is 5.10 Å². The Bertz CT molecular complexity index is 645. The topological polar surface area (TPSA) is 77.0 Å². The van der Waals surface area contributed by atoms with Gasteiger partial charge in [0.15, 0.2) is 0 Å². The summed E-state index contributed by atoms with van der Waals surface area (Å²) in [6.45, 7) is 1.82. The van der Waals surface area contributed by atoms with Crippen LogP contribution in [0.1, 0.15) is 5.69 Å². The van der Waals surface area contributed by atoms with Gasteiger partial charge in [-0.1, -0.05) is 28.5 Å². The quantitative estimate of drug-likeness (QED) is 0.760. The van der Waals surface area contributed by atoms with E-state index in [0.717, 1.165) is 11.3 Å². The van der Waals surface area contributed by atoms with Crippen LogP contribution in [0.4, 0.5) is 11.7 Å². The maximum atomic E-state index is 5.50. The first-order chi connectivity index (χ1) is 8.83. The van der Waals surface area contributed by atoms with Gasteiger partial charge >= 0.3 is 6.01 Å². The molecule has 0 fully saturated rings. The number of nitrogens with one attached hydrogen (secondary N) is 1. The Morgan fingerprint density at radius 2 is 1.94 bits per heavy atom. The minimum Gasteiger partial charge on any atom is -0.403 e. The molecule has 0 amide bonds. The van der Waals surface area contributed by atoms with Crippen molar-refractivity contribution in [2.75, 3.05) is 5.32 Å². The van der Waals surface area contributed by atoms with E-state index in [1.807, 2.05) is 37.3 Å². The molecule has 3 aromatic rings. The monoisotopic (exact) mass is 242 g/mol. The first kappa shape index (κ1) is 10.5. The number of aromatic nitrogens is 3. The Morgan fingerprint density at radius 3 is 2.67 bits per heavy atom. The van der Waals surface area contributed by atoms with Crippen LogP contribution in [-0.4, -0.2) is 15.4 Å². The molecule has 0 bridgehead atoms. The average Bonchev–Trinajstić information content (AvgIpc) is 3.02. The highest BCUT2D eigenvalue weighted by atomic mass is 16.5. The molecule has 3 rings (SSSR count). The van der Waals surface area contributed by atoms with Crippen molar-refractivity contribution in [3.8, 4) is 11.5 Å². The highest BCUT2D eigenvalue weighted by Crippen LogP contribution is 2.22. The second kappa shape index (κ2) is 4.33. The van der Waals surface area contributed by atoms with E-state index in [9.17, 15) is 0 Å². The fourth-order valence-electron chi connectivity index (χ4n) is 1.50. The predicted octanol–water partition coefficient (Wildman–Crippen LogP) is 2.78. The summed E-state index contributed by atoms with van der Waals surface area (Å²) in [6, 6.07) is 9.87. The third-order valence-corrected chi connectivity index (χ3v) is 2.44. The van der Waals surface area contributed by atoms with Crippen LogP contribution < -0.4 is 5.32 Å². The standard InChI is InChI=1S/C12H10N4O2/c1-8-10(7-17-16-8)13-12-15-14-11(18-12)9-5-3-2-4-6-9/h2-7H,1H3,(H,13,15). The predicted molar refractivity (Wildman–Crippen MR) is 64.3 cm³/mol. The fourth-order valence-corrected chi connectivity index (χ4v) is 1.50. The molecule has 0 unspecified atom stereocenters. The maximum absolute atomic E-state index is 5.50. The van der Waals surface area contributed by atoms with Crippen LogP contribution in [0.15, 0.2) is 45.5 Å². The van der Waals surface area contributed by atoms with Gasteiger partial charge in [-0.3, -0.25) is 0 Å². The third-order valence-electron chi connectivity index (χ3n) is 2.44. The van der Waals surface area contributed by atoms with Gasteiger partial charge < -0.3 is 14.3 Å². The van der Waals surface area contributed by atoms with Gasteiger partial charge in [-0.2, -0.15) is 0 Å². The molecule has 2 heterocycles. The minimum atomic E-state index is 0.306. The van der Waals surface area contributed by atoms with E-state index >= 15 is 0 Å². The Labute approximate surface area is 103 Å². The Balaban J connectivity index is 1.84. The molecule has 6 nitrogen and oxygen atoms in total. The SMILES string of the molecule is Cc1nocc1Nc1nnc(-c2ccccc2)o1. The zero-order chi connectivity index (χ0) is 12.4. The molecule has 0 spiro atoms. The van der Waals surface area contributed by atoms with Crippen molar-refractivity contribution >= 4 is 11.7 Å².